The number of nitrogen functional groups attached to an aromatic ring is 1. The fraction of sp³-hybridized carbons (Fsp3) is 0.0625. The number of para-hydroxylation sites is 1. The van der Waals surface area contributed by atoms with E-state index >= 15 is 0 Å². The third-order valence-corrected chi connectivity index (χ3v) is 3.17. The number of nitrogens with zero attached hydrogens (tertiary/aromatic N) is 4. The van der Waals surface area contributed by atoms with Gasteiger partial charge in [-0.15, -0.1) is 10.2 Å². The first-order valence-electron chi connectivity index (χ1n) is 6.73. The molecule has 110 valence electrons. The van der Waals surface area contributed by atoms with Gasteiger partial charge in [0.05, 0.1) is 11.4 Å². The summed E-state index contributed by atoms with van der Waals surface area (Å²) in [5, 5.41) is 12.3. The number of rotatable bonds is 3. The van der Waals surface area contributed by atoms with E-state index < -0.39 is 5.82 Å². The van der Waals surface area contributed by atoms with Gasteiger partial charge in [0.15, 0.2) is 17.3 Å². The molecule has 2 aromatic carbocycles. The van der Waals surface area contributed by atoms with E-state index in [9.17, 15) is 4.39 Å². The molecule has 2 N–H and O–H groups in total. The van der Waals surface area contributed by atoms with E-state index in [-0.39, 0.29) is 5.69 Å². The van der Waals surface area contributed by atoms with Crippen LogP contribution in [0.15, 0.2) is 64.8 Å². The number of anilines is 1. The Labute approximate surface area is 126 Å². The Bertz CT molecular complexity index is 824. The molecule has 0 unspecified atom stereocenters. The highest BCUT2D eigenvalue weighted by atomic mass is 19.1. The monoisotopic (exact) mass is 295 g/mol. The molecule has 0 saturated carbocycles. The van der Waals surface area contributed by atoms with E-state index in [1.165, 1.54) is 6.07 Å². The fourth-order valence-electron chi connectivity index (χ4n) is 2.06. The molecule has 0 aliphatic carbocycles. The minimum Gasteiger partial charge on any atom is -0.382 e. The molecule has 3 aromatic rings. The van der Waals surface area contributed by atoms with Crippen molar-refractivity contribution < 1.29 is 4.39 Å². The highest BCUT2D eigenvalue weighted by Crippen LogP contribution is 2.30. The summed E-state index contributed by atoms with van der Waals surface area (Å²) in [6.45, 7) is 1.78. The van der Waals surface area contributed by atoms with Crippen LogP contribution in [0.5, 0.6) is 0 Å². The summed E-state index contributed by atoms with van der Waals surface area (Å²) >= 11 is 0. The number of benzene rings is 2. The molecular weight excluding hydrogens is 281 g/mol. The summed E-state index contributed by atoms with van der Waals surface area (Å²) in [4.78, 5) is 0. The summed E-state index contributed by atoms with van der Waals surface area (Å²) in [5.41, 5.74) is 8.14. The lowest BCUT2D eigenvalue weighted by Crippen LogP contribution is -2.01. The van der Waals surface area contributed by atoms with E-state index in [0.29, 0.717) is 17.2 Å². The maximum atomic E-state index is 13.6. The van der Waals surface area contributed by atoms with Gasteiger partial charge in [-0.25, -0.2) is 9.07 Å². The number of hydrogen-bond donors (Lipinski definition) is 1. The summed E-state index contributed by atoms with van der Waals surface area (Å²) in [5.74, 6) is -0.0679. The van der Waals surface area contributed by atoms with E-state index in [1.54, 1.807) is 29.8 Å². The van der Waals surface area contributed by atoms with Gasteiger partial charge in [-0.05, 0) is 31.2 Å². The second-order valence-electron chi connectivity index (χ2n) is 4.72. The van der Waals surface area contributed by atoms with Crippen LogP contribution in [0, 0.1) is 12.7 Å². The maximum Gasteiger partial charge on any atom is 0.155 e. The largest absolute Gasteiger partial charge is 0.382 e. The van der Waals surface area contributed by atoms with Gasteiger partial charge in [-0.1, -0.05) is 30.3 Å². The molecule has 0 saturated heterocycles. The number of hydrogen-bond acceptors (Lipinski definition) is 4. The molecule has 22 heavy (non-hydrogen) atoms. The SMILES string of the molecule is Cc1nn(-c2ccccc2)c(N)c1N=Nc1ccccc1F. The predicted molar refractivity (Wildman–Crippen MR) is 83.3 cm³/mol. The van der Waals surface area contributed by atoms with Crippen LogP contribution in [0.1, 0.15) is 5.69 Å². The lowest BCUT2D eigenvalue weighted by molar-refractivity contribution is 0.628. The van der Waals surface area contributed by atoms with Crippen molar-refractivity contribution in [3.8, 4) is 5.69 Å². The van der Waals surface area contributed by atoms with E-state index in [1.807, 2.05) is 30.3 Å². The van der Waals surface area contributed by atoms with Crippen LogP contribution in [-0.2, 0) is 0 Å². The van der Waals surface area contributed by atoms with Crippen molar-refractivity contribution >= 4 is 17.2 Å². The Balaban J connectivity index is 1.99. The third-order valence-electron chi connectivity index (χ3n) is 3.17. The van der Waals surface area contributed by atoms with Gasteiger partial charge in [0.2, 0.25) is 0 Å². The predicted octanol–water partition coefficient (Wildman–Crippen LogP) is 4.32. The summed E-state index contributed by atoms with van der Waals surface area (Å²) in [6.07, 6.45) is 0. The van der Waals surface area contributed by atoms with Gasteiger partial charge in [0.1, 0.15) is 5.69 Å². The van der Waals surface area contributed by atoms with Crippen molar-refractivity contribution in [2.45, 2.75) is 6.92 Å². The summed E-state index contributed by atoms with van der Waals surface area (Å²) < 4.78 is 15.1. The summed E-state index contributed by atoms with van der Waals surface area (Å²) in [7, 11) is 0. The maximum absolute atomic E-state index is 13.6. The molecule has 0 bridgehead atoms. The Morgan fingerprint density at radius 3 is 2.41 bits per heavy atom. The van der Waals surface area contributed by atoms with E-state index in [0.717, 1.165) is 5.69 Å². The second kappa shape index (κ2) is 5.77. The Morgan fingerprint density at radius 2 is 1.68 bits per heavy atom. The smallest absolute Gasteiger partial charge is 0.155 e. The average Bonchev–Trinajstić information content (AvgIpc) is 2.82. The first-order valence-corrected chi connectivity index (χ1v) is 6.73. The zero-order valence-electron chi connectivity index (χ0n) is 11.9. The molecule has 0 fully saturated rings. The fourth-order valence-corrected chi connectivity index (χ4v) is 2.06. The van der Waals surface area contributed by atoms with Gasteiger partial charge >= 0.3 is 0 Å². The lowest BCUT2D eigenvalue weighted by Gasteiger charge is -2.02. The van der Waals surface area contributed by atoms with Crippen LogP contribution in [0.25, 0.3) is 5.69 Å². The normalized spacial score (nSPS) is 11.2. The van der Waals surface area contributed by atoms with Gasteiger partial charge in [-0.3, -0.25) is 0 Å². The van der Waals surface area contributed by atoms with Crippen LogP contribution in [0.4, 0.5) is 21.6 Å². The van der Waals surface area contributed by atoms with Crippen LogP contribution in [-0.4, -0.2) is 9.78 Å². The van der Waals surface area contributed by atoms with Gasteiger partial charge in [0.25, 0.3) is 0 Å². The van der Waals surface area contributed by atoms with Crippen molar-refractivity contribution in [1.29, 1.82) is 0 Å². The van der Waals surface area contributed by atoms with Crippen molar-refractivity contribution in [3.63, 3.8) is 0 Å². The lowest BCUT2D eigenvalue weighted by atomic mass is 10.3. The molecule has 0 atom stereocenters. The van der Waals surface area contributed by atoms with Crippen molar-refractivity contribution in [3.05, 3.63) is 66.1 Å². The number of aromatic nitrogens is 2. The Kier molecular flexibility index (Phi) is 3.65. The minimum absolute atomic E-state index is 0.161. The first-order chi connectivity index (χ1) is 10.7. The highest BCUT2D eigenvalue weighted by Gasteiger charge is 2.13. The van der Waals surface area contributed by atoms with Gasteiger partial charge in [0, 0.05) is 0 Å². The molecule has 1 aromatic heterocycles. The van der Waals surface area contributed by atoms with Gasteiger partial charge < -0.3 is 5.73 Å². The van der Waals surface area contributed by atoms with E-state index in [2.05, 4.69) is 15.3 Å². The average molecular weight is 295 g/mol. The molecular formula is C16H14FN5. The van der Waals surface area contributed by atoms with Crippen LogP contribution in [0.3, 0.4) is 0 Å². The molecule has 0 aliphatic heterocycles. The number of azo groups is 1. The minimum atomic E-state index is -0.432. The summed E-state index contributed by atoms with van der Waals surface area (Å²) in [6, 6.07) is 15.7. The van der Waals surface area contributed by atoms with Crippen molar-refractivity contribution in [2.75, 3.05) is 5.73 Å². The number of nitrogens with two attached hydrogens (primary N) is 1. The van der Waals surface area contributed by atoms with Crippen LogP contribution < -0.4 is 5.73 Å². The zero-order chi connectivity index (χ0) is 15.5. The standard InChI is InChI=1S/C16H14FN5/c1-11-15(20-19-14-10-6-5-9-13(14)17)16(18)22(21-11)12-7-3-2-4-8-12/h2-10H,18H2,1H3. The molecule has 0 spiro atoms. The number of aryl methyl sites for hydroxylation is 1. The van der Waals surface area contributed by atoms with Crippen molar-refractivity contribution in [1.82, 2.24) is 9.78 Å². The molecule has 3 rings (SSSR count). The molecule has 5 nitrogen and oxygen atoms in total. The Morgan fingerprint density at radius 1 is 1.00 bits per heavy atom. The Hall–Kier alpha value is -3.02. The second-order valence-corrected chi connectivity index (χ2v) is 4.72. The highest BCUT2D eigenvalue weighted by molar-refractivity contribution is 5.64. The number of halogens is 1. The molecule has 0 aliphatic rings. The molecule has 0 radical (unpaired) electrons. The van der Waals surface area contributed by atoms with Gasteiger partial charge in [-0.2, -0.15) is 5.10 Å². The van der Waals surface area contributed by atoms with Crippen LogP contribution in [0.2, 0.25) is 0 Å². The third kappa shape index (κ3) is 2.58. The topological polar surface area (TPSA) is 68.6 Å². The molecule has 1 heterocycles. The van der Waals surface area contributed by atoms with Crippen molar-refractivity contribution in [2.24, 2.45) is 10.2 Å². The first kappa shape index (κ1) is 13.9. The molecule has 6 heteroatoms. The zero-order valence-corrected chi connectivity index (χ0v) is 11.9. The van der Waals surface area contributed by atoms with Crippen LogP contribution >= 0.6 is 0 Å². The molecule has 0 amide bonds. The van der Waals surface area contributed by atoms with E-state index in [4.69, 9.17) is 5.73 Å². The quantitative estimate of drug-likeness (QED) is 0.731.